The van der Waals surface area contributed by atoms with Crippen LogP contribution in [0.15, 0.2) is 27.1 Å². The summed E-state index contributed by atoms with van der Waals surface area (Å²) in [6.45, 7) is 0. The third kappa shape index (κ3) is 2.71. The Labute approximate surface area is 137 Å². The van der Waals surface area contributed by atoms with E-state index in [0.717, 1.165) is 20.8 Å². The molecule has 0 aliphatic heterocycles. The van der Waals surface area contributed by atoms with Crippen LogP contribution in [0, 0.1) is 0 Å². The molecule has 1 fully saturated rings. The Morgan fingerprint density at radius 1 is 1.30 bits per heavy atom. The first-order chi connectivity index (χ1) is 9.54. The van der Waals surface area contributed by atoms with Crippen LogP contribution >= 0.6 is 43.5 Å². The SMILES string of the molecule is O=C1CCC(Oc2c(Br)cc(Br)c3ccc(Cl)nc23)C1. The van der Waals surface area contributed by atoms with Crippen molar-refractivity contribution >= 4 is 60.1 Å². The van der Waals surface area contributed by atoms with Gasteiger partial charge in [0.1, 0.15) is 22.6 Å². The summed E-state index contributed by atoms with van der Waals surface area (Å²) in [5, 5.41) is 1.34. The molecule has 0 radical (unpaired) electrons. The van der Waals surface area contributed by atoms with Crippen LogP contribution in [0.3, 0.4) is 0 Å². The number of hydrogen-bond acceptors (Lipinski definition) is 3. The normalized spacial score (nSPS) is 18.8. The Kier molecular flexibility index (Phi) is 4.02. The van der Waals surface area contributed by atoms with Crippen LogP contribution in [0.2, 0.25) is 5.15 Å². The minimum Gasteiger partial charge on any atom is -0.486 e. The lowest BCUT2D eigenvalue weighted by molar-refractivity contribution is -0.117. The molecule has 0 N–H and O–H groups in total. The van der Waals surface area contributed by atoms with Gasteiger partial charge in [-0.2, -0.15) is 0 Å². The highest BCUT2D eigenvalue weighted by molar-refractivity contribution is 9.11. The number of ketones is 1. The molecule has 20 heavy (non-hydrogen) atoms. The van der Waals surface area contributed by atoms with Crippen LogP contribution in [0.5, 0.6) is 5.75 Å². The average Bonchev–Trinajstić information content (AvgIpc) is 2.80. The molecule has 1 aromatic heterocycles. The average molecular weight is 420 g/mol. The molecule has 3 nitrogen and oxygen atoms in total. The van der Waals surface area contributed by atoms with E-state index < -0.39 is 0 Å². The van der Waals surface area contributed by atoms with E-state index in [4.69, 9.17) is 16.3 Å². The van der Waals surface area contributed by atoms with Gasteiger partial charge in [0.05, 0.1) is 4.47 Å². The molecule has 2 aromatic rings. The van der Waals surface area contributed by atoms with E-state index in [1.165, 1.54) is 0 Å². The number of carbonyl (C=O) groups is 1. The molecule has 1 unspecified atom stereocenters. The minimum absolute atomic E-state index is 0.0797. The molecule has 0 saturated heterocycles. The number of rotatable bonds is 2. The van der Waals surface area contributed by atoms with Crippen molar-refractivity contribution in [2.45, 2.75) is 25.4 Å². The Morgan fingerprint density at radius 3 is 2.80 bits per heavy atom. The van der Waals surface area contributed by atoms with Gasteiger partial charge >= 0.3 is 0 Å². The topological polar surface area (TPSA) is 39.2 Å². The predicted molar refractivity (Wildman–Crippen MR) is 85.4 cm³/mol. The maximum Gasteiger partial charge on any atom is 0.160 e. The van der Waals surface area contributed by atoms with Crippen molar-refractivity contribution in [3.05, 3.63) is 32.3 Å². The van der Waals surface area contributed by atoms with Crippen LogP contribution in [-0.2, 0) is 4.79 Å². The lowest BCUT2D eigenvalue weighted by Gasteiger charge is -2.16. The largest absolute Gasteiger partial charge is 0.486 e. The van der Waals surface area contributed by atoms with Gasteiger partial charge in [0.15, 0.2) is 5.75 Å². The Hall–Kier alpha value is -0.650. The second kappa shape index (κ2) is 5.62. The number of carbonyl (C=O) groups excluding carboxylic acids is 1. The Balaban J connectivity index is 2.09. The molecule has 1 aromatic carbocycles. The molecule has 0 amide bonds. The van der Waals surface area contributed by atoms with Crippen molar-refractivity contribution in [1.29, 1.82) is 0 Å². The first kappa shape index (κ1) is 14.3. The third-order valence-corrected chi connectivity index (χ3v) is 4.74. The minimum atomic E-state index is -0.0797. The molecule has 3 rings (SSSR count). The van der Waals surface area contributed by atoms with Crippen LogP contribution in [0.4, 0.5) is 0 Å². The molecular weight excluding hydrogens is 409 g/mol. The lowest BCUT2D eigenvalue weighted by Crippen LogP contribution is -2.13. The van der Waals surface area contributed by atoms with Crippen molar-refractivity contribution in [3.8, 4) is 5.75 Å². The van der Waals surface area contributed by atoms with Gasteiger partial charge < -0.3 is 4.74 Å². The van der Waals surface area contributed by atoms with Crippen LogP contribution in [0.25, 0.3) is 10.9 Å². The van der Waals surface area contributed by atoms with E-state index in [-0.39, 0.29) is 11.9 Å². The summed E-state index contributed by atoms with van der Waals surface area (Å²) in [7, 11) is 0. The molecule has 6 heteroatoms. The number of benzene rings is 1. The van der Waals surface area contributed by atoms with Gasteiger partial charge in [-0.15, -0.1) is 0 Å². The van der Waals surface area contributed by atoms with Crippen molar-refractivity contribution in [2.75, 3.05) is 0 Å². The maximum atomic E-state index is 11.4. The van der Waals surface area contributed by atoms with Gasteiger partial charge in [-0.3, -0.25) is 4.79 Å². The van der Waals surface area contributed by atoms with Gasteiger partial charge in [-0.05, 0) is 40.5 Å². The van der Waals surface area contributed by atoms with Gasteiger partial charge in [0.25, 0.3) is 0 Å². The number of halogens is 3. The van der Waals surface area contributed by atoms with Crippen LogP contribution in [-0.4, -0.2) is 16.9 Å². The number of ether oxygens (including phenoxy) is 1. The fourth-order valence-corrected chi connectivity index (χ4v) is 3.84. The maximum absolute atomic E-state index is 11.4. The van der Waals surface area contributed by atoms with E-state index >= 15 is 0 Å². The zero-order valence-electron chi connectivity index (χ0n) is 10.3. The van der Waals surface area contributed by atoms with Crippen molar-refractivity contribution in [3.63, 3.8) is 0 Å². The first-order valence-electron chi connectivity index (χ1n) is 6.17. The van der Waals surface area contributed by atoms with Crippen LogP contribution < -0.4 is 4.74 Å². The molecule has 1 saturated carbocycles. The van der Waals surface area contributed by atoms with Crippen LogP contribution in [0.1, 0.15) is 19.3 Å². The van der Waals surface area contributed by atoms with E-state index in [1.54, 1.807) is 6.07 Å². The zero-order valence-corrected chi connectivity index (χ0v) is 14.3. The fourth-order valence-electron chi connectivity index (χ4n) is 2.33. The molecule has 0 bridgehead atoms. The molecule has 1 aliphatic rings. The van der Waals surface area contributed by atoms with Gasteiger partial charge in [0.2, 0.25) is 0 Å². The number of Topliss-reactive ketones (excluding diaryl/α,β-unsaturated/α-hetero) is 1. The molecule has 104 valence electrons. The van der Waals surface area contributed by atoms with E-state index in [0.29, 0.717) is 29.3 Å². The summed E-state index contributed by atoms with van der Waals surface area (Å²) in [5.74, 6) is 0.893. The Morgan fingerprint density at radius 2 is 2.10 bits per heavy atom. The van der Waals surface area contributed by atoms with Crippen molar-refractivity contribution in [2.24, 2.45) is 0 Å². The number of pyridine rings is 1. The molecule has 1 aliphatic carbocycles. The summed E-state index contributed by atoms with van der Waals surface area (Å²) in [6.07, 6.45) is 1.72. The highest BCUT2D eigenvalue weighted by Gasteiger charge is 2.25. The molecule has 0 spiro atoms. The van der Waals surface area contributed by atoms with Crippen molar-refractivity contribution in [1.82, 2.24) is 4.98 Å². The summed E-state index contributed by atoms with van der Waals surface area (Å²) < 4.78 is 7.70. The monoisotopic (exact) mass is 417 g/mol. The standard InChI is InChI=1S/C14H10Br2ClNO2/c15-10-6-11(16)14(20-8-2-1-7(19)5-8)13-9(10)3-4-12(17)18-13/h3-4,6,8H,1-2,5H2. The second-order valence-corrected chi connectivity index (χ2v) is 6.82. The highest BCUT2D eigenvalue weighted by Crippen LogP contribution is 2.39. The van der Waals surface area contributed by atoms with Gasteiger partial charge in [-0.25, -0.2) is 4.98 Å². The zero-order chi connectivity index (χ0) is 14.3. The summed E-state index contributed by atoms with van der Waals surface area (Å²) >= 11 is 13.0. The first-order valence-corrected chi connectivity index (χ1v) is 8.13. The summed E-state index contributed by atoms with van der Waals surface area (Å²) in [5.41, 5.74) is 0.693. The lowest BCUT2D eigenvalue weighted by atomic mass is 10.2. The Bertz CT molecular complexity index is 705. The number of nitrogens with zero attached hydrogens (tertiary/aromatic N) is 1. The van der Waals surface area contributed by atoms with E-state index in [9.17, 15) is 4.79 Å². The third-order valence-electron chi connectivity index (χ3n) is 3.29. The smallest absolute Gasteiger partial charge is 0.160 e. The fraction of sp³-hybridized carbons (Fsp3) is 0.286. The molecular formula is C14H10Br2ClNO2. The van der Waals surface area contributed by atoms with E-state index in [2.05, 4.69) is 36.8 Å². The number of hydrogen-bond donors (Lipinski definition) is 0. The van der Waals surface area contributed by atoms with Gasteiger partial charge in [-0.1, -0.05) is 27.5 Å². The van der Waals surface area contributed by atoms with Gasteiger partial charge in [0, 0.05) is 22.7 Å². The second-order valence-electron chi connectivity index (χ2n) is 4.72. The summed E-state index contributed by atoms with van der Waals surface area (Å²) in [4.78, 5) is 15.7. The summed E-state index contributed by atoms with van der Waals surface area (Å²) in [6, 6.07) is 5.56. The molecule has 1 heterocycles. The van der Waals surface area contributed by atoms with Crippen molar-refractivity contribution < 1.29 is 9.53 Å². The predicted octanol–water partition coefficient (Wildman–Crippen LogP) is 4.91. The van der Waals surface area contributed by atoms with E-state index in [1.807, 2.05) is 12.1 Å². The molecule has 1 atom stereocenters. The quantitative estimate of drug-likeness (QED) is 0.649. The highest BCUT2D eigenvalue weighted by atomic mass is 79.9. The number of fused-ring (bicyclic) bond motifs is 1. The number of aromatic nitrogens is 1.